The molecule has 1 atom stereocenters. The minimum absolute atomic E-state index is 0.205. The van der Waals surface area contributed by atoms with E-state index >= 15 is 0 Å². The number of hydrogen-bond acceptors (Lipinski definition) is 1. The van der Waals surface area contributed by atoms with Gasteiger partial charge in [0.25, 0.3) is 0 Å². The normalized spacial score (nSPS) is 21.8. The van der Waals surface area contributed by atoms with Crippen LogP contribution in [0.5, 0.6) is 0 Å². The van der Waals surface area contributed by atoms with Crippen LogP contribution in [0.15, 0.2) is 22.0 Å². The zero-order valence-electron chi connectivity index (χ0n) is 8.35. The molecule has 1 aliphatic rings. The van der Waals surface area contributed by atoms with Crippen molar-refractivity contribution < 1.29 is 0 Å². The Morgan fingerprint density at radius 1 is 1.67 bits per heavy atom. The molecule has 0 radical (unpaired) electrons. The first kappa shape index (κ1) is 10.1. The Labute approximate surface area is 84.3 Å². The molecule has 0 aromatic heterocycles. The van der Waals surface area contributed by atoms with Gasteiger partial charge < -0.3 is 0 Å². The van der Waals surface area contributed by atoms with E-state index in [1.807, 2.05) is 0 Å². The third-order valence-corrected chi connectivity index (χ3v) is 3.05. The predicted octanol–water partition coefficient (Wildman–Crippen LogP) is 1.74. The molecule has 62 valence electrons. The van der Waals surface area contributed by atoms with Crippen LogP contribution in [-0.4, -0.2) is 24.3 Å². The summed E-state index contributed by atoms with van der Waals surface area (Å²) < 4.78 is 1.49. The Morgan fingerprint density at radius 3 is 2.67 bits per heavy atom. The molecule has 2 N–H and O–H groups in total. The van der Waals surface area contributed by atoms with Crippen LogP contribution in [-0.2, 0) is 0 Å². The Kier molecular flexibility index (Phi) is 3.23. The summed E-state index contributed by atoms with van der Waals surface area (Å²) in [4.78, 5) is 0. The molecule has 2 heteroatoms. The van der Waals surface area contributed by atoms with Crippen molar-refractivity contribution in [2.45, 2.75) is 26.7 Å². The van der Waals surface area contributed by atoms with Crippen molar-refractivity contribution in [2.24, 2.45) is 11.1 Å². The van der Waals surface area contributed by atoms with Crippen LogP contribution in [0.4, 0.5) is 0 Å². The van der Waals surface area contributed by atoms with E-state index in [1.54, 1.807) is 0 Å². The van der Waals surface area contributed by atoms with Crippen LogP contribution in [0, 0.1) is 5.41 Å². The number of nitrogens with two attached hydrogens (primary N) is 1. The summed E-state index contributed by atoms with van der Waals surface area (Å²) in [5, 5.41) is 0. The molecular formula is C10H16LiN. The zero-order valence-corrected chi connectivity index (χ0v) is 8.35. The molecule has 1 nitrogen and oxygen atoms in total. The summed E-state index contributed by atoms with van der Waals surface area (Å²) in [6.45, 7) is 5.21. The van der Waals surface area contributed by atoms with Crippen molar-refractivity contribution >= 4 is 17.7 Å². The van der Waals surface area contributed by atoms with Gasteiger partial charge in [0.1, 0.15) is 0 Å². The van der Waals surface area contributed by atoms with E-state index in [4.69, 9.17) is 5.73 Å². The average Bonchev–Trinajstić information content (AvgIpc) is 2.51. The van der Waals surface area contributed by atoms with Gasteiger partial charge in [-0.1, -0.05) is 0 Å². The van der Waals surface area contributed by atoms with Crippen molar-refractivity contribution in [3.05, 3.63) is 22.0 Å². The van der Waals surface area contributed by atoms with E-state index in [-0.39, 0.29) is 5.41 Å². The second-order valence-electron chi connectivity index (χ2n) is 3.92. The van der Waals surface area contributed by atoms with Crippen molar-refractivity contribution in [2.75, 3.05) is 6.54 Å². The molecule has 0 aromatic rings. The van der Waals surface area contributed by atoms with Gasteiger partial charge in [0.2, 0.25) is 0 Å². The van der Waals surface area contributed by atoms with Crippen LogP contribution in [0.1, 0.15) is 26.7 Å². The number of allylic oxidation sites excluding steroid dienone is 3. The van der Waals surface area contributed by atoms with Crippen molar-refractivity contribution in [3.63, 3.8) is 0 Å². The second-order valence-corrected chi connectivity index (χ2v) is 3.92. The van der Waals surface area contributed by atoms with E-state index in [0.717, 1.165) is 19.4 Å². The van der Waals surface area contributed by atoms with Gasteiger partial charge >= 0.3 is 84.1 Å². The third kappa shape index (κ3) is 1.69. The van der Waals surface area contributed by atoms with E-state index < -0.39 is 0 Å². The Bertz CT molecular complexity index is 224. The maximum absolute atomic E-state index is 5.79. The molecule has 0 amide bonds. The predicted molar refractivity (Wildman–Crippen MR) is 54.0 cm³/mol. The third-order valence-electron chi connectivity index (χ3n) is 3.05. The number of hydrogen-bond donors (Lipinski definition) is 1. The molecule has 1 aliphatic carbocycles. The Morgan fingerprint density at radius 2 is 2.33 bits per heavy atom. The zero-order chi connectivity index (χ0) is 9.19. The number of rotatable bonds is 3. The molecule has 0 saturated carbocycles. The SMILES string of the molecule is [Li][C]1=C(C(C)(CC)CN)C=CC1. The molecule has 0 heterocycles. The van der Waals surface area contributed by atoms with Crippen molar-refractivity contribution in [3.8, 4) is 0 Å². The van der Waals surface area contributed by atoms with Crippen LogP contribution in [0.25, 0.3) is 0 Å². The van der Waals surface area contributed by atoms with Crippen LogP contribution in [0.3, 0.4) is 0 Å². The summed E-state index contributed by atoms with van der Waals surface area (Å²) >= 11 is 2.21. The standard InChI is InChI=1S/C10H16N.Li/c1-3-10(2,8-11)9-6-4-5-7-9;/h4,6H,3,5,8,11H2,1-2H3;. The van der Waals surface area contributed by atoms with Crippen LogP contribution in [0.2, 0.25) is 0 Å². The topological polar surface area (TPSA) is 26.0 Å². The molecule has 0 saturated heterocycles. The van der Waals surface area contributed by atoms with E-state index in [1.165, 1.54) is 9.82 Å². The summed E-state index contributed by atoms with van der Waals surface area (Å²) in [7, 11) is 0. The monoisotopic (exact) mass is 157 g/mol. The van der Waals surface area contributed by atoms with Gasteiger partial charge in [-0.25, -0.2) is 0 Å². The first-order valence-corrected chi connectivity index (χ1v) is 4.71. The minimum atomic E-state index is 0.205. The van der Waals surface area contributed by atoms with Gasteiger partial charge in [-0.05, 0) is 0 Å². The fraction of sp³-hybridized carbons (Fsp3) is 0.600. The first-order chi connectivity index (χ1) is 5.64. The van der Waals surface area contributed by atoms with Crippen molar-refractivity contribution in [1.82, 2.24) is 0 Å². The molecule has 0 bridgehead atoms. The Hall–Kier alpha value is 0.0374. The quantitative estimate of drug-likeness (QED) is 0.620. The molecule has 0 aliphatic heterocycles. The summed E-state index contributed by atoms with van der Waals surface area (Å²) in [5.41, 5.74) is 7.46. The summed E-state index contributed by atoms with van der Waals surface area (Å²) in [5.74, 6) is 0. The second kappa shape index (κ2) is 3.83. The summed E-state index contributed by atoms with van der Waals surface area (Å²) in [6.07, 6.45) is 6.71. The molecule has 12 heavy (non-hydrogen) atoms. The molecule has 0 spiro atoms. The average molecular weight is 157 g/mol. The van der Waals surface area contributed by atoms with Gasteiger partial charge in [-0.15, -0.1) is 0 Å². The van der Waals surface area contributed by atoms with Gasteiger partial charge in [0, 0.05) is 0 Å². The fourth-order valence-electron chi connectivity index (χ4n) is 1.77. The van der Waals surface area contributed by atoms with Crippen molar-refractivity contribution in [1.29, 1.82) is 0 Å². The van der Waals surface area contributed by atoms with E-state index in [9.17, 15) is 0 Å². The first-order valence-electron chi connectivity index (χ1n) is 4.71. The van der Waals surface area contributed by atoms with Gasteiger partial charge in [0.05, 0.1) is 0 Å². The molecule has 1 unspecified atom stereocenters. The molecule has 0 aromatic carbocycles. The van der Waals surface area contributed by atoms with Gasteiger partial charge in [-0.2, -0.15) is 0 Å². The van der Waals surface area contributed by atoms with E-state index in [2.05, 4.69) is 43.7 Å². The fourth-order valence-corrected chi connectivity index (χ4v) is 1.77. The van der Waals surface area contributed by atoms with Crippen LogP contribution < -0.4 is 5.73 Å². The molecule has 0 fully saturated rings. The summed E-state index contributed by atoms with van der Waals surface area (Å²) in [6, 6.07) is 0. The molecule has 1 rings (SSSR count). The van der Waals surface area contributed by atoms with Gasteiger partial charge in [0.15, 0.2) is 0 Å². The molecular weight excluding hydrogens is 141 g/mol. The van der Waals surface area contributed by atoms with Crippen LogP contribution >= 0.6 is 0 Å². The Balaban J connectivity index is 2.93. The maximum atomic E-state index is 5.79. The van der Waals surface area contributed by atoms with E-state index in [0.29, 0.717) is 0 Å². The van der Waals surface area contributed by atoms with Gasteiger partial charge in [-0.3, -0.25) is 0 Å².